The van der Waals surface area contributed by atoms with Gasteiger partial charge in [0, 0.05) is 6.42 Å². The van der Waals surface area contributed by atoms with E-state index in [1.807, 2.05) is 7.05 Å². The van der Waals surface area contributed by atoms with Gasteiger partial charge in [-0.2, -0.15) is 0 Å². The molecule has 116 valence electrons. The van der Waals surface area contributed by atoms with Crippen molar-refractivity contribution in [1.82, 2.24) is 4.90 Å². The third-order valence-electron chi connectivity index (χ3n) is 3.46. The van der Waals surface area contributed by atoms with E-state index in [0.29, 0.717) is 30.2 Å². The zero-order chi connectivity index (χ0) is 15.2. The fraction of sp³-hybridized carbons (Fsp3) is 0.500. The van der Waals surface area contributed by atoms with E-state index in [9.17, 15) is 10.4 Å². The summed E-state index contributed by atoms with van der Waals surface area (Å²) in [5.74, 6) is 0.434. The average molecular weight is 293 g/mol. The molecular weight excluding hydrogens is 270 g/mol. The van der Waals surface area contributed by atoms with Gasteiger partial charge in [0.15, 0.2) is 5.84 Å². The van der Waals surface area contributed by atoms with Crippen molar-refractivity contribution in [3.05, 3.63) is 24.3 Å². The molecule has 0 aliphatic carbocycles. The van der Waals surface area contributed by atoms with Gasteiger partial charge in [-0.05, 0) is 51.7 Å². The largest absolute Gasteiger partial charge is 0.330 e. The van der Waals surface area contributed by atoms with Crippen LogP contribution in [0.2, 0.25) is 0 Å². The number of fused-ring (bicyclic) bond motifs is 1. The van der Waals surface area contributed by atoms with Crippen molar-refractivity contribution in [2.24, 2.45) is 10.8 Å². The lowest BCUT2D eigenvalue weighted by Gasteiger charge is -2.29. The van der Waals surface area contributed by atoms with Gasteiger partial charge in [0.05, 0.1) is 5.69 Å². The number of nitrogens with zero attached hydrogens (tertiary/aromatic N) is 4. The molecule has 1 heterocycles. The number of benzene rings is 1. The Labute approximate surface area is 124 Å². The number of hydrogen-bond donors (Lipinski definition) is 3. The molecule has 1 aromatic carbocycles. The van der Waals surface area contributed by atoms with Gasteiger partial charge in [-0.15, -0.1) is 10.3 Å². The molecule has 0 spiro atoms. The van der Waals surface area contributed by atoms with Gasteiger partial charge in [0.2, 0.25) is 0 Å². The Bertz CT molecular complexity index is 494. The fourth-order valence-corrected chi connectivity index (χ4v) is 2.29. The Kier molecular flexibility index (Phi) is 5.51. The smallest absolute Gasteiger partial charge is 0.157 e. The van der Waals surface area contributed by atoms with Crippen molar-refractivity contribution in [2.45, 2.75) is 19.3 Å². The van der Waals surface area contributed by atoms with Crippen LogP contribution in [0.5, 0.6) is 0 Å². The molecule has 0 fully saturated rings. The maximum atomic E-state index is 10.2. The molecule has 2 rings (SSSR count). The van der Waals surface area contributed by atoms with Crippen molar-refractivity contribution < 1.29 is 10.4 Å². The average Bonchev–Trinajstić information content (AvgIpc) is 2.50. The van der Waals surface area contributed by atoms with Crippen LogP contribution in [0.3, 0.4) is 0 Å². The van der Waals surface area contributed by atoms with Crippen LogP contribution < -0.4 is 16.0 Å². The molecule has 7 nitrogen and oxygen atoms in total. The normalized spacial score (nSPS) is 14.4. The number of nitrogens with two attached hydrogens (primary N) is 1. The monoisotopic (exact) mass is 293 g/mol. The molecule has 0 unspecified atom stereocenters. The van der Waals surface area contributed by atoms with E-state index in [4.69, 9.17) is 5.73 Å². The van der Waals surface area contributed by atoms with Crippen molar-refractivity contribution in [3.8, 4) is 0 Å². The Morgan fingerprint density at radius 3 is 2.52 bits per heavy atom. The van der Waals surface area contributed by atoms with Crippen LogP contribution in [0.25, 0.3) is 0 Å². The van der Waals surface area contributed by atoms with Crippen LogP contribution in [0.1, 0.15) is 19.3 Å². The first-order valence-corrected chi connectivity index (χ1v) is 7.16. The number of para-hydroxylation sites is 2. The molecular formula is C14H23N5O2. The summed E-state index contributed by atoms with van der Waals surface area (Å²) in [5, 5.41) is 25.9. The Morgan fingerprint density at radius 2 is 1.81 bits per heavy atom. The first-order valence-electron chi connectivity index (χ1n) is 7.16. The molecule has 0 atom stereocenters. The van der Waals surface area contributed by atoms with E-state index in [-0.39, 0.29) is 0 Å². The van der Waals surface area contributed by atoms with Crippen LogP contribution in [0.4, 0.5) is 11.4 Å². The molecule has 4 N–H and O–H groups in total. The molecule has 7 heteroatoms. The van der Waals surface area contributed by atoms with Gasteiger partial charge in [0.1, 0.15) is 5.69 Å². The van der Waals surface area contributed by atoms with Crippen LogP contribution in [0.15, 0.2) is 29.4 Å². The Morgan fingerprint density at radius 1 is 1.14 bits per heavy atom. The number of hydrazone groups is 1. The topological polar surface area (TPSA) is 88.6 Å². The highest BCUT2D eigenvalue weighted by atomic mass is 16.5. The molecule has 1 aliphatic rings. The highest BCUT2D eigenvalue weighted by Gasteiger charge is 2.23. The molecule has 0 amide bonds. The minimum Gasteiger partial charge on any atom is -0.330 e. The summed E-state index contributed by atoms with van der Waals surface area (Å²) in [4.78, 5) is 2.20. The van der Waals surface area contributed by atoms with E-state index in [2.05, 4.69) is 10.0 Å². The quantitative estimate of drug-likeness (QED) is 0.705. The minimum atomic E-state index is 0.434. The van der Waals surface area contributed by atoms with Gasteiger partial charge in [-0.1, -0.05) is 12.1 Å². The van der Waals surface area contributed by atoms with Gasteiger partial charge >= 0.3 is 0 Å². The van der Waals surface area contributed by atoms with Gasteiger partial charge < -0.3 is 10.6 Å². The maximum absolute atomic E-state index is 10.2. The van der Waals surface area contributed by atoms with Crippen molar-refractivity contribution in [1.29, 1.82) is 0 Å². The second-order valence-corrected chi connectivity index (χ2v) is 5.16. The molecule has 0 radical (unpaired) electrons. The number of rotatable bonds is 7. The maximum Gasteiger partial charge on any atom is 0.157 e. The van der Waals surface area contributed by atoms with Crippen LogP contribution in [-0.2, 0) is 0 Å². The first kappa shape index (κ1) is 15.7. The number of anilines is 2. The second kappa shape index (κ2) is 7.37. The molecule has 0 bridgehead atoms. The second-order valence-electron chi connectivity index (χ2n) is 5.16. The van der Waals surface area contributed by atoms with Crippen molar-refractivity contribution in [3.63, 3.8) is 0 Å². The summed E-state index contributed by atoms with van der Waals surface area (Å²) < 4.78 is 0. The lowest BCUT2D eigenvalue weighted by molar-refractivity contribution is 0.243. The summed E-state index contributed by atoms with van der Waals surface area (Å²) in [6.07, 6.45) is 2.39. The van der Waals surface area contributed by atoms with Gasteiger partial charge in [-0.25, -0.2) is 5.06 Å². The van der Waals surface area contributed by atoms with E-state index < -0.39 is 0 Å². The van der Waals surface area contributed by atoms with Gasteiger partial charge in [-0.3, -0.25) is 10.4 Å². The van der Waals surface area contributed by atoms with E-state index >= 15 is 0 Å². The lowest BCUT2D eigenvalue weighted by Crippen LogP contribution is -2.35. The summed E-state index contributed by atoms with van der Waals surface area (Å²) in [5.41, 5.74) is 6.47. The predicted molar refractivity (Wildman–Crippen MR) is 82.8 cm³/mol. The predicted octanol–water partition coefficient (Wildman–Crippen LogP) is 1.47. The first-order chi connectivity index (χ1) is 10.1. The Hall–Kier alpha value is -1.67. The molecule has 0 saturated heterocycles. The van der Waals surface area contributed by atoms with E-state index in [1.54, 1.807) is 24.3 Å². The molecule has 0 saturated carbocycles. The zero-order valence-electron chi connectivity index (χ0n) is 12.3. The Balaban J connectivity index is 1.90. The van der Waals surface area contributed by atoms with Crippen LogP contribution in [0, 0.1) is 0 Å². The molecule has 21 heavy (non-hydrogen) atoms. The summed E-state index contributed by atoms with van der Waals surface area (Å²) >= 11 is 0. The zero-order valence-corrected chi connectivity index (χ0v) is 12.3. The highest BCUT2D eigenvalue weighted by molar-refractivity contribution is 6.01. The summed E-state index contributed by atoms with van der Waals surface area (Å²) in [7, 11) is 2.04. The standard InChI is InChI=1S/C14H23N5O2/c1-17(11-5-9-15)10-4-8-14-16-19(21)13-7-3-2-6-12(13)18(14)20/h2-3,6-7,20-21H,4-5,8-11,15H2,1H3. The van der Waals surface area contributed by atoms with E-state index in [0.717, 1.165) is 36.2 Å². The molecule has 1 aromatic rings. The third kappa shape index (κ3) is 3.92. The minimum absolute atomic E-state index is 0.434. The van der Waals surface area contributed by atoms with Gasteiger partial charge in [0.25, 0.3) is 0 Å². The van der Waals surface area contributed by atoms with Crippen molar-refractivity contribution in [2.75, 3.05) is 36.9 Å². The summed E-state index contributed by atoms with van der Waals surface area (Å²) in [6.45, 7) is 2.54. The third-order valence-corrected chi connectivity index (χ3v) is 3.46. The number of hydroxylamine groups is 1. The molecule has 1 aliphatic heterocycles. The van der Waals surface area contributed by atoms with Crippen LogP contribution in [-0.4, -0.2) is 47.8 Å². The lowest BCUT2D eigenvalue weighted by atomic mass is 10.2. The summed E-state index contributed by atoms with van der Waals surface area (Å²) in [6, 6.07) is 7.02. The van der Waals surface area contributed by atoms with Crippen LogP contribution >= 0.6 is 0 Å². The fourth-order valence-electron chi connectivity index (χ4n) is 2.29. The number of hydrogen-bond acceptors (Lipinski definition) is 7. The van der Waals surface area contributed by atoms with E-state index in [1.165, 1.54) is 0 Å². The highest BCUT2D eigenvalue weighted by Crippen LogP contribution is 2.31. The van der Waals surface area contributed by atoms with Crippen molar-refractivity contribution >= 4 is 17.2 Å². The SMILES string of the molecule is CN(CCCN)CCCC1=NN(O)c2ccccc2N1O. The molecule has 0 aromatic heterocycles. The number of amidine groups is 1.